The molecular weight excluding hydrogens is 284 g/mol. The standard InChI is InChI=1S/C16H23ClN4/c1-4-12-10-13(21(6-3)20-12)11-15(18-5-2)16-14(17)8-7-9-19-16/h7-10,15,18H,4-6,11H2,1-3H3. The average Bonchev–Trinajstić information content (AvgIpc) is 2.89. The molecule has 0 amide bonds. The molecule has 5 heteroatoms. The molecule has 2 rings (SSSR count). The van der Waals surface area contributed by atoms with E-state index in [4.69, 9.17) is 11.6 Å². The van der Waals surface area contributed by atoms with Gasteiger partial charge in [0.25, 0.3) is 0 Å². The van der Waals surface area contributed by atoms with Crippen molar-refractivity contribution in [2.75, 3.05) is 6.54 Å². The maximum absolute atomic E-state index is 6.30. The van der Waals surface area contributed by atoms with Crippen LogP contribution in [0.2, 0.25) is 5.02 Å². The highest BCUT2D eigenvalue weighted by molar-refractivity contribution is 6.31. The summed E-state index contributed by atoms with van der Waals surface area (Å²) in [5, 5.41) is 8.80. The van der Waals surface area contributed by atoms with Gasteiger partial charge in [0, 0.05) is 24.9 Å². The molecule has 0 radical (unpaired) electrons. The van der Waals surface area contributed by atoms with Crippen molar-refractivity contribution in [3.63, 3.8) is 0 Å². The number of hydrogen-bond donors (Lipinski definition) is 1. The Labute approximate surface area is 131 Å². The molecule has 114 valence electrons. The first-order valence-corrected chi connectivity index (χ1v) is 7.96. The normalized spacial score (nSPS) is 12.6. The predicted octanol–water partition coefficient (Wildman–Crippen LogP) is 3.41. The van der Waals surface area contributed by atoms with Gasteiger partial charge in [0.2, 0.25) is 0 Å². The van der Waals surface area contributed by atoms with Crippen molar-refractivity contribution in [3.05, 3.63) is 46.5 Å². The smallest absolute Gasteiger partial charge is 0.0762 e. The number of hydrogen-bond acceptors (Lipinski definition) is 3. The summed E-state index contributed by atoms with van der Waals surface area (Å²) in [4.78, 5) is 4.45. The minimum atomic E-state index is 0.107. The lowest BCUT2D eigenvalue weighted by atomic mass is 10.1. The fourth-order valence-electron chi connectivity index (χ4n) is 2.50. The van der Waals surface area contributed by atoms with Gasteiger partial charge in [-0.05, 0) is 38.1 Å². The Kier molecular flexibility index (Phi) is 5.76. The molecule has 1 atom stereocenters. The van der Waals surface area contributed by atoms with Crippen LogP contribution in [-0.4, -0.2) is 21.3 Å². The Morgan fingerprint density at radius 3 is 2.76 bits per heavy atom. The predicted molar refractivity (Wildman–Crippen MR) is 86.6 cm³/mol. The van der Waals surface area contributed by atoms with Crippen LogP contribution in [0.3, 0.4) is 0 Å². The molecule has 0 spiro atoms. The fraction of sp³-hybridized carbons (Fsp3) is 0.500. The summed E-state index contributed by atoms with van der Waals surface area (Å²) in [6, 6.07) is 6.05. The van der Waals surface area contributed by atoms with E-state index in [9.17, 15) is 0 Å². The minimum Gasteiger partial charge on any atom is -0.309 e. The third kappa shape index (κ3) is 3.83. The second kappa shape index (κ2) is 7.57. The van der Waals surface area contributed by atoms with Gasteiger partial charge in [0.15, 0.2) is 0 Å². The van der Waals surface area contributed by atoms with Crippen LogP contribution in [0, 0.1) is 0 Å². The SMILES string of the molecule is CCNC(Cc1cc(CC)nn1CC)c1ncccc1Cl. The van der Waals surface area contributed by atoms with Gasteiger partial charge in [0.05, 0.1) is 22.5 Å². The molecule has 0 aliphatic carbocycles. The zero-order valence-electron chi connectivity index (χ0n) is 12.9. The second-order valence-corrected chi connectivity index (χ2v) is 5.39. The van der Waals surface area contributed by atoms with Gasteiger partial charge < -0.3 is 5.32 Å². The van der Waals surface area contributed by atoms with Crippen molar-refractivity contribution in [2.24, 2.45) is 0 Å². The van der Waals surface area contributed by atoms with Gasteiger partial charge in [-0.2, -0.15) is 5.10 Å². The van der Waals surface area contributed by atoms with Crippen molar-refractivity contribution in [2.45, 2.75) is 46.2 Å². The molecule has 2 heterocycles. The number of pyridine rings is 1. The number of aryl methyl sites for hydroxylation is 2. The molecular formula is C16H23ClN4. The van der Waals surface area contributed by atoms with E-state index in [1.54, 1.807) is 6.20 Å². The van der Waals surface area contributed by atoms with Crippen LogP contribution in [0.5, 0.6) is 0 Å². The Balaban J connectivity index is 2.28. The van der Waals surface area contributed by atoms with E-state index < -0.39 is 0 Å². The lowest BCUT2D eigenvalue weighted by Gasteiger charge is -2.18. The zero-order valence-corrected chi connectivity index (χ0v) is 13.7. The van der Waals surface area contributed by atoms with E-state index in [0.717, 1.165) is 37.3 Å². The summed E-state index contributed by atoms with van der Waals surface area (Å²) in [5.74, 6) is 0. The van der Waals surface area contributed by atoms with Crippen LogP contribution >= 0.6 is 11.6 Å². The molecule has 0 bridgehead atoms. The van der Waals surface area contributed by atoms with Crippen molar-refractivity contribution < 1.29 is 0 Å². The van der Waals surface area contributed by atoms with Crippen LogP contribution in [-0.2, 0) is 19.4 Å². The van der Waals surface area contributed by atoms with Crippen LogP contribution in [0.4, 0.5) is 0 Å². The van der Waals surface area contributed by atoms with Gasteiger partial charge in [0.1, 0.15) is 0 Å². The van der Waals surface area contributed by atoms with Crippen molar-refractivity contribution >= 4 is 11.6 Å². The van der Waals surface area contributed by atoms with Crippen molar-refractivity contribution in [3.8, 4) is 0 Å². The Hall–Kier alpha value is -1.39. The molecule has 0 aliphatic rings. The highest BCUT2D eigenvalue weighted by Gasteiger charge is 2.18. The topological polar surface area (TPSA) is 42.7 Å². The molecule has 0 fully saturated rings. The third-order valence-corrected chi connectivity index (χ3v) is 3.88. The summed E-state index contributed by atoms with van der Waals surface area (Å²) in [6.45, 7) is 8.09. The number of rotatable bonds is 7. The summed E-state index contributed by atoms with van der Waals surface area (Å²) in [5.41, 5.74) is 3.26. The molecule has 4 nitrogen and oxygen atoms in total. The van der Waals surface area contributed by atoms with Gasteiger partial charge >= 0.3 is 0 Å². The molecule has 2 aromatic rings. The highest BCUT2D eigenvalue weighted by Crippen LogP contribution is 2.24. The number of nitrogens with one attached hydrogen (secondary N) is 1. The van der Waals surface area contributed by atoms with Crippen molar-refractivity contribution in [1.29, 1.82) is 0 Å². The van der Waals surface area contributed by atoms with E-state index in [-0.39, 0.29) is 6.04 Å². The maximum Gasteiger partial charge on any atom is 0.0762 e. The first-order valence-electron chi connectivity index (χ1n) is 7.58. The summed E-state index contributed by atoms with van der Waals surface area (Å²) >= 11 is 6.30. The number of halogens is 1. The number of aromatic nitrogens is 3. The first-order chi connectivity index (χ1) is 10.2. The molecule has 0 saturated carbocycles. The molecule has 21 heavy (non-hydrogen) atoms. The third-order valence-electron chi connectivity index (χ3n) is 3.56. The summed E-state index contributed by atoms with van der Waals surface area (Å²) in [6.07, 6.45) is 3.59. The maximum atomic E-state index is 6.30. The monoisotopic (exact) mass is 306 g/mol. The van der Waals surface area contributed by atoms with Crippen LogP contribution in [0.1, 0.15) is 43.9 Å². The van der Waals surface area contributed by atoms with Crippen LogP contribution in [0.25, 0.3) is 0 Å². The Morgan fingerprint density at radius 2 is 2.14 bits per heavy atom. The Bertz CT molecular complexity index is 579. The Morgan fingerprint density at radius 1 is 1.33 bits per heavy atom. The highest BCUT2D eigenvalue weighted by atomic mass is 35.5. The van der Waals surface area contributed by atoms with E-state index >= 15 is 0 Å². The average molecular weight is 307 g/mol. The van der Waals surface area contributed by atoms with E-state index in [1.165, 1.54) is 5.69 Å². The minimum absolute atomic E-state index is 0.107. The molecule has 0 aromatic carbocycles. The summed E-state index contributed by atoms with van der Waals surface area (Å²) in [7, 11) is 0. The molecule has 2 aromatic heterocycles. The van der Waals surface area contributed by atoms with Crippen molar-refractivity contribution in [1.82, 2.24) is 20.1 Å². The zero-order chi connectivity index (χ0) is 15.2. The molecule has 0 saturated heterocycles. The lowest BCUT2D eigenvalue weighted by Crippen LogP contribution is -2.25. The fourth-order valence-corrected chi connectivity index (χ4v) is 2.75. The summed E-state index contributed by atoms with van der Waals surface area (Å²) < 4.78 is 2.07. The van der Waals surface area contributed by atoms with E-state index in [1.807, 2.05) is 12.1 Å². The van der Waals surface area contributed by atoms with Gasteiger partial charge in [-0.3, -0.25) is 9.67 Å². The first kappa shape index (κ1) is 16.0. The van der Waals surface area contributed by atoms with Crippen LogP contribution in [0.15, 0.2) is 24.4 Å². The number of nitrogens with zero attached hydrogens (tertiary/aromatic N) is 3. The molecule has 1 N–H and O–H groups in total. The molecule has 0 aliphatic heterocycles. The lowest BCUT2D eigenvalue weighted by molar-refractivity contribution is 0.506. The van der Waals surface area contributed by atoms with E-state index in [0.29, 0.717) is 5.02 Å². The van der Waals surface area contributed by atoms with Gasteiger partial charge in [-0.15, -0.1) is 0 Å². The van der Waals surface area contributed by atoms with Gasteiger partial charge in [-0.1, -0.05) is 25.4 Å². The second-order valence-electron chi connectivity index (χ2n) is 4.98. The van der Waals surface area contributed by atoms with Crippen LogP contribution < -0.4 is 5.32 Å². The molecule has 1 unspecified atom stereocenters. The quantitative estimate of drug-likeness (QED) is 0.852. The number of likely N-dealkylation sites (N-methyl/N-ethyl adjacent to an activating group) is 1. The van der Waals surface area contributed by atoms with E-state index in [2.05, 4.69) is 46.9 Å². The van der Waals surface area contributed by atoms with Gasteiger partial charge in [-0.25, -0.2) is 0 Å². The largest absolute Gasteiger partial charge is 0.309 e.